The maximum atomic E-state index is 12.2. The Morgan fingerprint density at radius 2 is 2.11 bits per heavy atom. The van der Waals surface area contributed by atoms with E-state index in [4.69, 9.17) is 4.74 Å². The van der Waals surface area contributed by atoms with Crippen LogP contribution in [0.4, 0.5) is 19.0 Å². The zero-order valence-electron chi connectivity index (χ0n) is 15.0. The summed E-state index contributed by atoms with van der Waals surface area (Å²) in [6.07, 6.45) is -2.26. The quantitative estimate of drug-likeness (QED) is 0.567. The smallest absolute Gasteiger partial charge is 0.441 e. The molecule has 1 unspecified atom stereocenters. The minimum absolute atomic E-state index is 0.0702. The molecule has 1 aromatic heterocycles. The van der Waals surface area contributed by atoms with E-state index in [0.29, 0.717) is 25.9 Å². The number of hydrogen-bond acceptors (Lipinski definition) is 6. The van der Waals surface area contributed by atoms with Crippen LogP contribution >= 0.6 is 0 Å². The van der Waals surface area contributed by atoms with Crippen molar-refractivity contribution in [2.45, 2.75) is 44.8 Å². The Balaban J connectivity index is 1.55. The SMILES string of the molecule is CCC1Oc2nc([N+](=O)[O-])cn2C[C@@H]1NCCc1ccc(OC(F)(F)F)cc1. The van der Waals surface area contributed by atoms with Crippen LogP contribution < -0.4 is 14.8 Å². The maximum Gasteiger partial charge on any atom is 0.573 e. The molecule has 0 saturated heterocycles. The molecule has 0 fully saturated rings. The van der Waals surface area contributed by atoms with Crippen molar-refractivity contribution < 1.29 is 27.6 Å². The van der Waals surface area contributed by atoms with Gasteiger partial charge in [0, 0.05) is 11.5 Å². The van der Waals surface area contributed by atoms with E-state index in [0.717, 1.165) is 5.56 Å². The Labute approximate surface area is 158 Å². The number of benzene rings is 1. The minimum Gasteiger partial charge on any atom is -0.441 e. The number of imidazole rings is 1. The second-order valence-corrected chi connectivity index (χ2v) is 6.36. The minimum atomic E-state index is -4.71. The molecular formula is C17H19F3N4O4. The molecule has 28 heavy (non-hydrogen) atoms. The first-order valence-electron chi connectivity index (χ1n) is 8.71. The van der Waals surface area contributed by atoms with E-state index in [-0.39, 0.29) is 29.7 Å². The van der Waals surface area contributed by atoms with E-state index in [9.17, 15) is 23.3 Å². The van der Waals surface area contributed by atoms with Crippen molar-refractivity contribution in [3.8, 4) is 11.8 Å². The van der Waals surface area contributed by atoms with Crippen LogP contribution in [-0.2, 0) is 13.0 Å². The zero-order chi connectivity index (χ0) is 20.3. The molecule has 0 saturated carbocycles. The molecule has 1 aliphatic rings. The van der Waals surface area contributed by atoms with Crippen molar-refractivity contribution in [2.24, 2.45) is 0 Å². The van der Waals surface area contributed by atoms with Gasteiger partial charge in [-0.15, -0.1) is 13.2 Å². The van der Waals surface area contributed by atoms with Gasteiger partial charge in [0.25, 0.3) is 0 Å². The number of alkyl halides is 3. The summed E-state index contributed by atoms with van der Waals surface area (Å²) in [5.74, 6) is -0.517. The summed E-state index contributed by atoms with van der Waals surface area (Å²) < 4.78 is 47.8. The molecule has 1 N–H and O–H groups in total. The number of rotatable bonds is 7. The Kier molecular flexibility index (Phi) is 5.73. The Bertz CT molecular complexity index is 823. The number of nitrogens with zero attached hydrogens (tertiary/aromatic N) is 3. The van der Waals surface area contributed by atoms with Crippen molar-refractivity contribution in [3.63, 3.8) is 0 Å². The average Bonchev–Trinajstić information content (AvgIpc) is 3.04. The van der Waals surface area contributed by atoms with Gasteiger partial charge in [-0.25, -0.2) is 0 Å². The van der Waals surface area contributed by atoms with Crippen molar-refractivity contribution in [1.82, 2.24) is 14.9 Å². The van der Waals surface area contributed by atoms with Crippen molar-refractivity contribution >= 4 is 5.82 Å². The number of nitro groups is 1. The number of nitrogens with one attached hydrogen (secondary N) is 1. The number of halogens is 3. The lowest BCUT2D eigenvalue weighted by atomic mass is 10.1. The maximum absolute atomic E-state index is 12.2. The van der Waals surface area contributed by atoms with Gasteiger partial charge < -0.3 is 24.9 Å². The second-order valence-electron chi connectivity index (χ2n) is 6.36. The van der Waals surface area contributed by atoms with E-state index < -0.39 is 11.3 Å². The summed E-state index contributed by atoms with van der Waals surface area (Å²) in [5.41, 5.74) is 0.853. The number of fused-ring (bicyclic) bond motifs is 1. The van der Waals surface area contributed by atoms with Gasteiger partial charge in [0.05, 0.1) is 6.04 Å². The molecule has 0 aliphatic carbocycles. The van der Waals surface area contributed by atoms with E-state index in [1.54, 1.807) is 16.7 Å². The fraction of sp³-hybridized carbons (Fsp3) is 0.471. The predicted octanol–water partition coefficient (Wildman–Crippen LogP) is 3.06. The monoisotopic (exact) mass is 400 g/mol. The first kappa shape index (κ1) is 19.9. The topological polar surface area (TPSA) is 91.5 Å². The molecule has 1 aliphatic heterocycles. The highest BCUT2D eigenvalue weighted by molar-refractivity contribution is 5.27. The molecule has 8 nitrogen and oxygen atoms in total. The summed E-state index contributed by atoms with van der Waals surface area (Å²) >= 11 is 0. The number of aromatic nitrogens is 2. The van der Waals surface area contributed by atoms with Gasteiger partial charge in [-0.3, -0.25) is 4.57 Å². The summed E-state index contributed by atoms with van der Waals surface area (Å²) in [6, 6.07) is 5.87. The van der Waals surface area contributed by atoms with Gasteiger partial charge in [0.2, 0.25) is 0 Å². The first-order valence-corrected chi connectivity index (χ1v) is 8.71. The van der Waals surface area contributed by atoms with Crippen LogP contribution in [0.2, 0.25) is 0 Å². The average molecular weight is 400 g/mol. The third-order valence-corrected chi connectivity index (χ3v) is 4.39. The molecule has 11 heteroatoms. The molecule has 2 aromatic rings. The first-order chi connectivity index (χ1) is 13.2. The molecule has 3 rings (SSSR count). The van der Waals surface area contributed by atoms with E-state index in [1.807, 2.05) is 6.92 Å². The molecule has 0 radical (unpaired) electrons. The lowest BCUT2D eigenvalue weighted by Gasteiger charge is -2.31. The molecule has 2 atom stereocenters. The molecule has 2 heterocycles. The summed E-state index contributed by atoms with van der Waals surface area (Å²) in [5, 5.41) is 14.2. The van der Waals surface area contributed by atoms with E-state index >= 15 is 0 Å². The van der Waals surface area contributed by atoms with Crippen LogP contribution in [0.3, 0.4) is 0 Å². The Morgan fingerprint density at radius 1 is 1.39 bits per heavy atom. The largest absolute Gasteiger partial charge is 0.573 e. The fourth-order valence-corrected chi connectivity index (χ4v) is 3.07. The predicted molar refractivity (Wildman–Crippen MR) is 92.2 cm³/mol. The van der Waals surface area contributed by atoms with Gasteiger partial charge in [0.1, 0.15) is 18.1 Å². The summed E-state index contributed by atoms with van der Waals surface area (Å²) in [7, 11) is 0. The lowest BCUT2D eigenvalue weighted by molar-refractivity contribution is -0.389. The lowest BCUT2D eigenvalue weighted by Crippen LogP contribution is -2.49. The van der Waals surface area contributed by atoms with Gasteiger partial charge in [-0.05, 0) is 42.0 Å². The number of hydrogen-bond donors (Lipinski definition) is 1. The molecular weight excluding hydrogens is 381 g/mol. The third kappa shape index (κ3) is 4.91. The second kappa shape index (κ2) is 8.05. The summed E-state index contributed by atoms with van der Waals surface area (Å²) in [4.78, 5) is 14.2. The third-order valence-electron chi connectivity index (χ3n) is 4.39. The highest BCUT2D eigenvalue weighted by atomic mass is 19.4. The number of ether oxygens (including phenoxy) is 2. The van der Waals surface area contributed by atoms with Crippen LogP contribution in [0.5, 0.6) is 11.8 Å². The van der Waals surface area contributed by atoms with Crippen molar-refractivity contribution in [3.05, 3.63) is 46.1 Å². The van der Waals surface area contributed by atoms with Gasteiger partial charge in [-0.1, -0.05) is 19.1 Å². The van der Waals surface area contributed by atoms with Gasteiger partial charge in [-0.2, -0.15) is 0 Å². The molecule has 0 spiro atoms. The Morgan fingerprint density at radius 3 is 2.71 bits per heavy atom. The highest BCUT2D eigenvalue weighted by Crippen LogP contribution is 2.26. The molecule has 0 amide bonds. The molecule has 0 bridgehead atoms. The standard InChI is InChI=1S/C17H19F3N4O4/c1-2-14-13(9-23-10-15(24(25)26)22-16(23)27-14)21-8-7-11-3-5-12(6-4-11)28-17(18,19)20/h3-6,10,13-14,21H,2,7-9H2,1H3/t13-,14?/m0/s1. The molecule has 1 aromatic carbocycles. The highest BCUT2D eigenvalue weighted by Gasteiger charge is 2.34. The Hall–Kier alpha value is -2.82. The van der Waals surface area contributed by atoms with Crippen molar-refractivity contribution in [1.29, 1.82) is 0 Å². The zero-order valence-corrected chi connectivity index (χ0v) is 15.0. The van der Waals surface area contributed by atoms with Crippen LogP contribution in [0.1, 0.15) is 18.9 Å². The van der Waals surface area contributed by atoms with Crippen molar-refractivity contribution in [2.75, 3.05) is 6.54 Å². The molecule has 152 valence electrons. The van der Waals surface area contributed by atoms with E-state index in [2.05, 4.69) is 15.0 Å². The summed E-state index contributed by atoms with van der Waals surface area (Å²) in [6.45, 7) is 2.99. The van der Waals surface area contributed by atoms with E-state index in [1.165, 1.54) is 18.3 Å². The van der Waals surface area contributed by atoms with Crippen LogP contribution in [0.15, 0.2) is 30.5 Å². The van der Waals surface area contributed by atoms with Crippen LogP contribution in [-0.4, -0.2) is 39.5 Å². The van der Waals surface area contributed by atoms with Gasteiger partial charge >= 0.3 is 18.2 Å². The fourth-order valence-electron chi connectivity index (χ4n) is 3.07. The van der Waals surface area contributed by atoms with Gasteiger partial charge in [0.15, 0.2) is 0 Å². The normalized spacial score (nSPS) is 19.0. The van der Waals surface area contributed by atoms with Crippen LogP contribution in [0.25, 0.3) is 0 Å². The van der Waals surface area contributed by atoms with Crippen LogP contribution in [0, 0.1) is 10.1 Å².